The predicted octanol–water partition coefficient (Wildman–Crippen LogP) is -1.17. The van der Waals surface area contributed by atoms with Crippen LogP contribution in [0.25, 0.3) is 0 Å². The van der Waals surface area contributed by atoms with Gasteiger partial charge in [0.25, 0.3) is 0 Å². The summed E-state index contributed by atoms with van der Waals surface area (Å²) < 4.78 is 15.6. The van der Waals surface area contributed by atoms with Crippen LogP contribution in [0.1, 0.15) is 44.6 Å². The van der Waals surface area contributed by atoms with Gasteiger partial charge in [0.2, 0.25) is 17.5 Å². The van der Waals surface area contributed by atoms with E-state index in [1.165, 1.54) is 0 Å². The van der Waals surface area contributed by atoms with Gasteiger partial charge in [-0.05, 0) is 18.4 Å². The van der Waals surface area contributed by atoms with Gasteiger partial charge in [-0.25, -0.2) is 9.59 Å². The normalized spacial score (nSPS) is 23.8. The van der Waals surface area contributed by atoms with Crippen LogP contribution in [-0.2, 0) is 35.2 Å². The molecule has 1 fully saturated rings. The molecule has 0 saturated carbocycles. The van der Waals surface area contributed by atoms with Gasteiger partial charge in [-0.1, -0.05) is 36.8 Å². The highest BCUT2D eigenvalue weighted by molar-refractivity contribution is 5.87. The van der Waals surface area contributed by atoms with Crippen molar-refractivity contribution in [1.82, 2.24) is 16.0 Å². The van der Waals surface area contributed by atoms with Gasteiger partial charge >= 0.3 is 12.1 Å². The monoisotopic (exact) mass is 569 g/mol. The van der Waals surface area contributed by atoms with Crippen LogP contribution in [0, 0.1) is 0 Å². The molecule has 1 aromatic rings. The minimum atomic E-state index is -2.23. The van der Waals surface area contributed by atoms with E-state index in [0.29, 0.717) is 25.8 Å². The Balaban J connectivity index is 1.90. The van der Waals surface area contributed by atoms with E-state index < -0.39 is 73.1 Å². The SMILES string of the molecule is COC(=O)C1(NC(=O)CCCCCNC(=O)OCc2ccccc2)CC(O)C(NC(C)=O)C([C@@H](O)[C@H](O)CO)O1. The molecule has 0 radical (unpaired) electrons. The molecular weight excluding hydrogens is 530 g/mol. The van der Waals surface area contributed by atoms with Crippen molar-refractivity contribution < 1.29 is 53.8 Å². The topological polar surface area (TPSA) is 213 Å². The molecular formula is C26H39N3O11. The van der Waals surface area contributed by atoms with Gasteiger partial charge in [0.05, 0.1) is 25.9 Å². The second-order valence-electron chi connectivity index (χ2n) is 9.49. The molecule has 1 aliphatic heterocycles. The summed E-state index contributed by atoms with van der Waals surface area (Å²) in [5.74, 6) is -2.28. The molecule has 14 heteroatoms. The molecule has 40 heavy (non-hydrogen) atoms. The Morgan fingerprint density at radius 1 is 1.12 bits per heavy atom. The van der Waals surface area contributed by atoms with E-state index >= 15 is 0 Å². The minimum Gasteiger partial charge on any atom is -0.465 e. The fourth-order valence-corrected chi connectivity index (χ4v) is 4.28. The van der Waals surface area contributed by atoms with E-state index in [-0.39, 0.29) is 13.0 Å². The minimum absolute atomic E-state index is 0.0434. The summed E-state index contributed by atoms with van der Waals surface area (Å²) >= 11 is 0. The van der Waals surface area contributed by atoms with Crippen molar-refractivity contribution in [1.29, 1.82) is 0 Å². The number of nitrogens with one attached hydrogen (secondary N) is 3. The summed E-state index contributed by atoms with van der Waals surface area (Å²) in [4.78, 5) is 48.9. The van der Waals surface area contributed by atoms with Crippen LogP contribution in [0.15, 0.2) is 30.3 Å². The number of ether oxygens (including phenoxy) is 3. The second-order valence-corrected chi connectivity index (χ2v) is 9.49. The lowest BCUT2D eigenvalue weighted by Crippen LogP contribution is -2.71. The van der Waals surface area contributed by atoms with Gasteiger partial charge in [-0.15, -0.1) is 0 Å². The largest absolute Gasteiger partial charge is 0.465 e. The number of carbonyl (C=O) groups excluding carboxylic acids is 4. The zero-order chi connectivity index (χ0) is 29.7. The van der Waals surface area contributed by atoms with Crippen molar-refractivity contribution in [2.24, 2.45) is 0 Å². The van der Waals surface area contributed by atoms with Gasteiger partial charge < -0.3 is 50.6 Å². The Labute approximate surface area is 232 Å². The first-order chi connectivity index (χ1) is 19.0. The summed E-state index contributed by atoms with van der Waals surface area (Å²) in [7, 11) is 1.04. The lowest BCUT2D eigenvalue weighted by molar-refractivity contribution is -0.239. The average molecular weight is 570 g/mol. The van der Waals surface area contributed by atoms with Gasteiger partial charge in [0.1, 0.15) is 24.9 Å². The molecule has 1 heterocycles. The Morgan fingerprint density at radius 2 is 1.82 bits per heavy atom. The summed E-state index contributed by atoms with van der Waals surface area (Å²) in [5, 5.41) is 47.9. The number of amides is 3. The number of benzene rings is 1. The summed E-state index contributed by atoms with van der Waals surface area (Å²) in [6, 6.07) is 7.95. The Bertz CT molecular complexity index is 980. The molecule has 0 aromatic heterocycles. The molecule has 6 atom stereocenters. The van der Waals surface area contributed by atoms with E-state index in [1.54, 1.807) is 0 Å². The van der Waals surface area contributed by atoms with E-state index in [2.05, 4.69) is 16.0 Å². The van der Waals surface area contributed by atoms with Gasteiger partial charge in [0, 0.05) is 26.3 Å². The summed E-state index contributed by atoms with van der Waals surface area (Å²) in [6.07, 6.45) is -6.32. The number of unbranched alkanes of at least 4 members (excludes halogenated alkanes) is 2. The van der Waals surface area contributed by atoms with Gasteiger partial charge in [-0.2, -0.15) is 0 Å². The zero-order valence-electron chi connectivity index (χ0n) is 22.6. The molecule has 0 bridgehead atoms. The van der Waals surface area contributed by atoms with Crippen molar-refractivity contribution in [3.8, 4) is 0 Å². The van der Waals surface area contributed by atoms with E-state index in [0.717, 1.165) is 19.6 Å². The molecule has 1 saturated heterocycles. The molecule has 1 aromatic carbocycles. The van der Waals surface area contributed by atoms with Crippen LogP contribution in [0.2, 0.25) is 0 Å². The first-order valence-corrected chi connectivity index (χ1v) is 13.0. The standard InChI is InChI=1S/C26H39N3O11/c1-16(31)28-21-18(32)13-26(24(36)38-2,40-23(21)22(35)19(33)14-30)29-20(34)11-7-4-8-12-27-25(37)39-15-17-9-5-3-6-10-17/h3,5-6,9-10,18-19,21-23,30,32-33,35H,4,7-8,11-15H2,1-2H3,(H,27,37)(H,28,31)(H,29,34)/t18?,19-,21?,22+,23?,26?/m1/s1. The van der Waals surface area contributed by atoms with Crippen molar-refractivity contribution in [2.45, 2.75) is 81.8 Å². The first-order valence-electron chi connectivity index (χ1n) is 13.0. The maximum Gasteiger partial charge on any atom is 0.407 e. The zero-order valence-corrected chi connectivity index (χ0v) is 22.6. The lowest BCUT2D eigenvalue weighted by atomic mass is 9.87. The molecule has 2 rings (SSSR count). The molecule has 7 N–H and O–H groups in total. The van der Waals surface area contributed by atoms with Crippen LogP contribution in [-0.4, -0.2) is 101 Å². The third-order valence-electron chi connectivity index (χ3n) is 6.31. The first kappa shape index (κ1) is 32.9. The number of hydrogen-bond donors (Lipinski definition) is 7. The summed E-state index contributed by atoms with van der Waals surface area (Å²) in [5.41, 5.74) is -1.37. The number of hydrogen-bond acceptors (Lipinski definition) is 11. The van der Waals surface area contributed by atoms with Crippen molar-refractivity contribution in [3.63, 3.8) is 0 Å². The summed E-state index contributed by atoms with van der Waals surface area (Å²) in [6.45, 7) is 0.759. The molecule has 4 unspecified atom stereocenters. The molecule has 224 valence electrons. The van der Waals surface area contributed by atoms with E-state index in [4.69, 9.17) is 14.2 Å². The number of methoxy groups -OCH3 is 1. The van der Waals surface area contributed by atoms with E-state index in [9.17, 15) is 39.6 Å². The molecule has 0 spiro atoms. The highest BCUT2D eigenvalue weighted by Gasteiger charge is 2.55. The highest BCUT2D eigenvalue weighted by atomic mass is 16.6. The van der Waals surface area contributed by atoms with Crippen LogP contribution < -0.4 is 16.0 Å². The molecule has 0 aliphatic carbocycles. The lowest BCUT2D eigenvalue weighted by Gasteiger charge is -2.47. The van der Waals surface area contributed by atoms with Crippen molar-refractivity contribution in [3.05, 3.63) is 35.9 Å². The third-order valence-corrected chi connectivity index (χ3v) is 6.31. The maximum absolute atomic E-state index is 12.7. The smallest absolute Gasteiger partial charge is 0.407 e. The average Bonchev–Trinajstić information content (AvgIpc) is 2.94. The Hall–Kier alpha value is -3.30. The van der Waals surface area contributed by atoms with Gasteiger partial charge in [-0.3, -0.25) is 9.59 Å². The fraction of sp³-hybridized carbons (Fsp3) is 0.615. The van der Waals surface area contributed by atoms with Crippen molar-refractivity contribution in [2.75, 3.05) is 20.3 Å². The molecule has 3 amide bonds. The van der Waals surface area contributed by atoms with Crippen LogP contribution in [0.4, 0.5) is 4.79 Å². The Morgan fingerprint density at radius 3 is 2.45 bits per heavy atom. The van der Waals surface area contributed by atoms with Crippen molar-refractivity contribution >= 4 is 23.9 Å². The third kappa shape index (κ3) is 9.71. The van der Waals surface area contributed by atoms with Crippen LogP contribution >= 0.6 is 0 Å². The van der Waals surface area contributed by atoms with E-state index in [1.807, 2.05) is 30.3 Å². The van der Waals surface area contributed by atoms with Gasteiger partial charge in [0.15, 0.2) is 0 Å². The predicted molar refractivity (Wildman–Crippen MR) is 138 cm³/mol. The van der Waals surface area contributed by atoms with Crippen LogP contribution in [0.5, 0.6) is 0 Å². The number of carbonyl (C=O) groups is 4. The molecule has 14 nitrogen and oxygen atoms in total. The number of rotatable bonds is 14. The van der Waals surface area contributed by atoms with Crippen LogP contribution in [0.3, 0.4) is 0 Å². The Kier molecular flexibility index (Phi) is 13.2. The maximum atomic E-state index is 12.7. The number of aliphatic hydroxyl groups is 4. The number of alkyl carbamates (subject to hydrolysis) is 1. The number of aliphatic hydroxyl groups excluding tert-OH is 4. The quantitative estimate of drug-likeness (QED) is 0.105. The number of esters is 1. The second kappa shape index (κ2) is 16.1. The highest BCUT2D eigenvalue weighted by Crippen LogP contribution is 2.31. The molecule has 1 aliphatic rings. The fourth-order valence-electron chi connectivity index (χ4n) is 4.28.